The van der Waals surface area contributed by atoms with Crippen molar-refractivity contribution in [3.8, 4) is 0 Å². The topological polar surface area (TPSA) is 0 Å². The van der Waals surface area contributed by atoms with Crippen LogP contribution < -0.4 is 0 Å². The zero-order valence-electron chi connectivity index (χ0n) is 10.7. The molecule has 16 heavy (non-hydrogen) atoms. The van der Waals surface area contributed by atoms with Crippen LogP contribution in [0.4, 0.5) is 0 Å². The molecule has 0 aromatic heterocycles. The molecule has 1 rings (SSSR count). The van der Waals surface area contributed by atoms with E-state index in [1.807, 2.05) is 0 Å². The maximum Gasteiger partial charge on any atom is -0.0231 e. The Morgan fingerprint density at radius 2 is 1.69 bits per heavy atom. The molecule has 0 fully saturated rings. The number of benzene rings is 1. The molecule has 0 amide bonds. The number of unbranched alkanes of at least 4 members (excludes halogenated alkanes) is 5. The molecule has 88 valence electrons. The van der Waals surface area contributed by atoms with Gasteiger partial charge in [-0.3, -0.25) is 0 Å². The van der Waals surface area contributed by atoms with Crippen LogP contribution in [0.25, 0.3) is 5.57 Å². The summed E-state index contributed by atoms with van der Waals surface area (Å²) in [6.45, 7) is 4.47. The Morgan fingerprint density at radius 1 is 1.00 bits per heavy atom. The van der Waals surface area contributed by atoms with E-state index in [1.54, 1.807) is 0 Å². The molecule has 0 spiro atoms. The van der Waals surface area contributed by atoms with E-state index in [0.29, 0.717) is 0 Å². The average molecular weight is 216 g/mol. The Labute approximate surface area is 100 Å². The molecule has 0 aliphatic rings. The summed E-state index contributed by atoms with van der Waals surface area (Å²) < 4.78 is 0. The summed E-state index contributed by atoms with van der Waals surface area (Å²) in [5.41, 5.74) is 2.77. The molecular formula is C16H24. The van der Waals surface area contributed by atoms with E-state index in [-0.39, 0.29) is 0 Å². The molecule has 0 N–H and O–H groups in total. The van der Waals surface area contributed by atoms with Crippen LogP contribution in [-0.2, 0) is 0 Å². The van der Waals surface area contributed by atoms with Gasteiger partial charge in [0.05, 0.1) is 0 Å². The molecule has 0 radical (unpaired) electrons. The zero-order valence-corrected chi connectivity index (χ0v) is 10.7. The second-order valence-corrected chi connectivity index (χ2v) is 4.46. The Balaban J connectivity index is 2.24. The van der Waals surface area contributed by atoms with Crippen LogP contribution in [0.2, 0.25) is 0 Å². The summed E-state index contributed by atoms with van der Waals surface area (Å²) in [4.78, 5) is 0. The maximum atomic E-state index is 2.38. The van der Waals surface area contributed by atoms with Gasteiger partial charge < -0.3 is 0 Å². The van der Waals surface area contributed by atoms with Crippen molar-refractivity contribution >= 4 is 5.57 Å². The van der Waals surface area contributed by atoms with E-state index in [1.165, 1.54) is 49.7 Å². The quantitative estimate of drug-likeness (QED) is 0.532. The third-order valence-electron chi connectivity index (χ3n) is 2.99. The summed E-state index contributed by atoms with van der Waals surface area (Å²) in [6, 6.07) is 10.6. The van der Waals surface area contributed by atoms with Crippen molar-refractivity contribution in [2.45, 2.75) is 52.4 Å². The molecule has 0 heteroatoms. The fourth-order valence-corrected chi connectivity index (χ4v) is 1.89. The van der Waals surface area contributed by atoms with Crippen LogP contribution in [0.15, 0.2) is 36.4 Å². The Kier molecular flexibility index (Phi) is 6.64. The molecule has 1 aromatic rings. The van der Waals surface area contributed by atoms with Gasteiger partial charge >= 0.3 is 0 Å². The second-order valence-electron chi connectivity index (χ2n) is 4.46. The lowest BCUT2D eigenvalue weighted by atomic mass is 10.0. The minimum absolute atomic E-state index is 1.23. The average Bonchev–Trinajstić information content (AvgIpc) is 2.34. The third kappa shape index (κ3) is 5.16. The summed E-state index contributed by atoms with van der Waals surface area (Å²) in [7, 11) is 0. The lowest BCUT2D eigenvalue weighted by Crippen LogP contribution is -1.80. The van der Waals surface area contributed by atoms with Crippen LogP contribution in [0.5, 0.6) is 0 Å². The van der Waals surface area contributed by atoms with E-state index in [2.05, 4.69) is 50.3 Å². The molecule has 0 heterocycles. The van der Waals surface area contributed by atoms with Gasteiger partial charge in [0, 0.05) is 0 Å². The Hall–Kier alpha value is -1.04. The molecule has 0 bridgehead atoms. The minimum Gasteiger partial charge on any atom is -0.0810 e. The molecule has 0 atom stereocenters. The predicted molar refractivity (Wildman–Crippen MR) is 73.5 cm³/mol. The van der Waals surface area contributed by atoms with Crippen molar-refractivity contribution in [1.82, 2.24) is 0 Å². The highest BCUT2D eigenvalue weighted by Gasteiger charge is 1.93. The molecule has 0 aliphatic carbocycles. The summed E-state index contributed by atoms with van der Waals surface area (Å²) in [6.07, 6.45) is 10.4. The largest absolute Gasteiger partial charge is 0.0810 e. The lowest BCUT2D eigenvalue weighted by Gasteiger charge is -2.01. The van der Waals surface area contributed by atoms with Crippen molar-refractivity contribution in [3.05, 3.63) is 42.0 Å². The maximum absolute atomic E-state index is 2.38. The first-order chi connectivity index (χ1) is 7.84. The summed E-state index contributed by atoms with van der Waals surface area (Å²) in [5, 5.41) is 0. The van der Waals surface area contributed by atoms with Crippen LogP contribution in [-0.4, -0.2) is 0 Å². The highest BCUT2D eigenvalue weighted by Crippen LogP contribution is 2.15. The molecular weight excluding hydrogens is 192 g/mol. The van der Waals surface area contributed by atoms with Crippen molar-refractivity contribution in [2.75, 3.05) is 0 Å². The molecule has 0 saturated heterocycles. The van der Waals surface area contributed by atoms with E-state index >= 15 is 0 Å². The Bertz CT molecular complexity index is 295. The van der Waals surface area contributed by atoms with Crippen LogP contribution in [0, 0.1) is 0 Å². The van der Waals surface area contributed by atoms with E-state index in [9.17, 15) is 0 Å². The Morgan fingerprint density at radius 3 is 2.38 bits per heavy atom. The number of allylic oxidation sites excluding steroid dienone is 2. The first kappa shape index (κ1) is 13.0. The molecule has 1 aromatic carbocycles. The van der Waals surface area contributed by atoms with Gasteiger partial charge in [-0.05, 0) is 30.9 Å². The van der Waals surface area contributed by atoms with Gasteiger partial charge in [0.25, 0.3) is 0 Å². The summed E-state index contributed by atoms with van der Waals surface area (Å²) in [5.74, 6) is 0. The van der Waals surface area contributed by atoms with Crippen molar-refractivity contribution in [1.29, 1.82) is 0 Å². The first-order valence-corrected chi connectivity index (χ1v) is 6.56. The normalized spacial score (nSPS) is 11.8. The van der Waals surface area contributed by atoms with E-state index < -0.39 is 0 Å². The lowest BCUT2D eigenvalue weighted by molar-refractivity contribution is 0.637. The highest BCUT2D eigenvalue weighted by atomic mass is 14.0. The highest BCUT2D eigenvalue weighted by molar-refractivity contribution is 5.63. The van der Waals surface area contributed by atoms with Crippen molar-refractivity contribution < 1.29 is 0 Å². The third-order valence-corrected chi connectivity index (χ3v) is 2.99. The predicted octanol–water partition coefficient (Wildman–Crippen LogP) is 5.45. The SMILES string of the molecule is CCCCCCC/C=C(\C)c1ccccc1. The standard InChI is InChI=1S/C16H24/c1-3-4-5-6-7-9-12-15(2)16-13-10-8-11-14-16/h8,10-14H,3-7,9H2,1-2H3/b15-12+. The molecule has 0 saturated carbocycles. The fraction of sp³-hybridized carbons (Fsp3) is 0.500. The van der Waals surface area contributed by atoms with Crippen LogP contribution in [0.3, 0.4) is 0 Å². The van der Waals surface area contributed by atoms with Gasteiger partial charge in [-0.2, -0.15) is 0 Å². The second kappa shape index (κ2) is 8.15. The van der Waals surface area contributed by atoms with E-state index in [4.69, 9.17) is 0 Å². The van der Waals surface area contributed by atoms with Crippen molar-refractivity contribution in [3.63, 3.8) is 0 Å². The molecule has 0 unspecified atom stereocenters. The summed E-state index contributed by atoms with van der Waals surface area (Å²) >= 11 is 0. The fourth-order valence-electron chi connectivity index (χ4n) is 1.89. The van der Waals surface area contributed by atoms with E-state index in [0.717, 1.165) is 0 Å². The smallest absolute Gasteiger partial charge is 0.0231 e. The first-order valence-electron chi connectivity index (χ1n) is 6.56. The molecule has 0 nitrogen and oxygen atoms in total. The molecule has 0 aliphatic heterocycles. The number of hydrogen-bond acceptors (Lipinski definition) is 0. The van der Waals surface area contributed by atoms with Gasteiger partial charge in [0.15, 0.2) is 0 Å². The van der Waals surface area contributed by atoms with Crippen LogP contribution >= 0.6 is 0 Å². The van der Waals surface area contributed by atoms with Gasteiger partial charge in [0.1, 0.15) is 0 Å². The zero-order chi connectivity index (χ0) is 11.6. The van der Waals surface area contributed by atoms with Gasteiger partial charge in [-0.1, -0.05) is 69.0 Å². The minimum atomic E-state index is 1.23. The van der Waals surface area contributed by atoms with Gasteiger partial charge in [-0.15, -0.1) is 0 Å². The van der Waals surface area contributed by atoms with Gasteiger partial charge in [-0.25, -0.2) is 0 Å². The monoisotopic (exact) mass is 216 g/mol. The number of hydrogen-bond donors (Lipinski definition) is 0. The van der Waals surface area contributed by atoms with Crippen molar-refractivity contribution in [2.24, 2.45) is 0 Å². The van der Waals surface area contributed by atoms with Gasteiger partial charge in [0.2, 0.25) is 0 Å². The number of rotatable bonds is 7. The van der Waals surface area contributed by atoms with Crippen LogP contribution in [0.1, 0.15) is 57.9 Å².